The molecule has 0 bridgehead atoms. The number of ketones is 1. The summed E-state index contributed by atoms with van der Waals surface area (Å²) in [6.07, 6.45) is 2.87. The van der Waals surface area contributed by atoms with E-state index in [-0.39, 0.29) is 11.8 Å². The molecule has 13 heavy (non-hydrogen) atoms. The molecular weight excluding hydrogens is 168 g/mol. The Morgan fingerprint density at radius 1 is 1.38 bits per heavy atom. The van der Waals surface area contributed by atoms with Crippen LogP contribution >= 0.6 is 0 Å². The van der Waals surface area contributed by atoms with Gasteiger partial charge in [-0.3, -0.25) is 4.79 Å². The van der Waals surface area contributed by atoms with E-state index in [1.807, 2.05) is 0 Å². The lowest BCUT2D eigenvalue weighted by Gasteiger charge is -1.86. The van der Waals surface area contributed by atoms with E-state index in [4.69, 9.17) is 0 Å². The summed E-state index contributed by atoms with van der Waals surface area (Å²) >= 11 is 0. The molecule has 1 aliphatic rings. The highest BCUT2D eigenvalue weighted by atomic mass is 16.5. The van der Waals surface area contributed by atoms with Gasteiger partial charge in [0.25, 0.3) is 0 Å². The average Bonchev–Trinajstić information content (AvgIpc) is 2.35. The van der Waals surface area contributed by atoms with Crippen LogP contribution in [0.25, 0.3) is 0 Å². The molecule has 0 saturated carbocycles. The van der Waals surface area contributed by atoms with Gasteiger partial charge in [-0.25, -0.2) is 4.79 Å². The minimum atomic E-state index is -0.329. The maximum atomic E-state index is 10.1. The Hall–Kier alpha value is -1.64. The predicted octanol–water partition coefficient (Wildman–Crippen LogP) is 1.76. The lowest BCUT2D eigenvalue weighted by molar-refractivity contribution is -0.132. The van der Waals surface area contributed by atoms with Crippen LogP contribution in [-0.2, 0) is 14.3 Å². The number of ether oxygens (including phenoxy) is 1. The van der Waals surface area contributed by atoms with Crippen molar-refractivity contribution in [3.63, 3.8) is 0 Å². The molecule has 0 spiro atoms. The molecule has 0 aromatic rings. The summed E-state index contributed by atoms with van der Waals surface area (Å²) in [7, 11) is 0. The molecule has 70 valence electrons. The topological polar surface area (TPSA) is 43.4 Å². The van der Waals surface area contributed by atoms with Crippen LogP contribution in [0.2, 0.25) is 0 Å². The van der Waals surface area contributed by atoms with Gasteiger partial charge in [-0.2, -0.15) is 0 Å². The SMILES string of the molecule is C=C(C)C(C)=O.C=C1C=CC(=O)O1. The van der Waals surface area contributed by atoms with Gasteiger partial charge in [-0.15, -0.1) is 0 Å². The lowest BCUT2D eigenvalue weighted by Crippen LogP contribution is -1.87. The first kappa shape index (κ1) is 11.4. The van der Waals surface area contributed by atoms with Crippen LogP contribution in [0.1, 0.15) is 13.8 Å². The zero-order valence-corrected chi connectivity index (χ0v) is 7.79. The van der Waals surface area contributed by atoms with Crippen molar-refractivity contribution in [3.05, 3.63) is 36.6 Å². The van der Waals surface area contributed by atoms with Crippen LogP contribution in [0, 0.1) is 0 Å². The van der Waals surface area contributed by atoms with Crippen LogP contribution < -0.4 is 0 Å². The number of esters is 1. The van der Waals surface area contributed by atoms with E-state index in [0.29, 0.717) is 11.3 Å². The Kier molecular flexibility index (Phi) is 4.44. The maximum Gasteiger partial charge on any atom is 0.336 e. The number of hydrogen-bond acceptors (Lipinski definition) is 3. The van der Waals surface area contributed by atoms with E-state index in [1.54, 1.807) is 6.92 Å². The second kappa shape index (κ2) is 5.09. The third-order valence-electron chi connectivity index (χ3n) is 1.24. The molecular formula is C10H12O3. The fraction of sp³-hybridized carbons (Fsp3) is 0.200. The lowest BCUT2D eigenvalue weighted by atomic mass is 10.3. The van der Waals surface area contributed by atoms with Crippen LogP contribution in [-0.4, -0.2) is 11.8 Å². The third-order valence-corrected chi connectivity index (χ3v) is 1.24. The molecule has 0 fully saturated rings. The van der Waals surface area contributed by atoms with Gasteiger partial charge >= 0.3 is 5.97 Å². The van der Waals surface area contributed by atoms with Crippen molar-refractivity contribution in [3.8, 4) is 0 Å². The highest BCUT2D eigenvalue weighted by molar-refractivity contribution is 5.91. The highest BCUT2D eigenvalue weighted by Crippen LogP contribution is 2.03. The van der Waals surface area contributed by atoms with Crippen molar-refractivity contribution in [1.82, 2.24) is 0 Å². The average molecular weight is 180 g/mol. The molecule has 0 N–H and O–H groups in total. The standard InChI is InChI=1S/C5H4O2.C5H8O/c1-4-2-3-5(6)7-4;1-4(2)5(3)6/h2-3H,1H2;1H2,2-3H3. The van der Waals surface area contributed by atoms with Crippen molar-refractivity contribution in [2.45, 2.75) is 13.8 Å². The fourth-order valence-electron chi connectivity index (χ4n) is 0.358. The second-order valence-electron chi connectivity index (χ2n) is 2.56. The Morgan fingerprint density at radius 2 is 1.85 bits per heavy atom. The monoisotopic (exact) mass is 180 g/mol. The van der Waals surface area contributed by atoms with Gasteiger partial charge in [-0.05, 0) is 25.5 Å². The number of carbonyl (C=O) groups is 2. The van der Waals surface area contributed by atoms with E-state index in [9.17, 15) is 9.59 Å². The molecule has 0 aromatic carbocycles. The Bertz CT molecular complexity index is 257. The summed E-state index contributed by atoms with van der Waals surface area (Å²) < 4.78 is 4.42. The fourth-order valence-corrected chi connectivity index (χ4v) is 0.358. The van der Waals surface area contributed by atoms with E-state index in [1.165, 1.54) is 19.1 Å². The van der Waals surface area contributed by atoms with Crippen molar-refractivity contribution in [1.29, 1.82) is 0 Å². The summed E-state index contributed by atoms with van der Waals surface area (Å²) in [6.45, 7) is 9.98. The summed E-state index contributed by atoms with van der Waals surface area (Å²) in [5.74, 6) is 0.157. The first-order valence-electron chi connectivity index (χ1n) is 3.68. The van der Waals surface area contributed by atoms with Gasteiger partial charge in [0, 0.05) is 6.08 Å². The molecule has 0 amide bonds. The zero-order valence-electron chi connectivity index (χ0n) is 7.79. The summed E-state index contributed by atoms with van der Waals surface area (Å²) in [5, 5.41) is 0. The molecule has 0 aromatic heterocycles. The number of cyclic esters (lactones) is 1. The van der Waals surface area contributed by atoms with E-state index in [2.05, 4.69) is 17.9 Å². The van der Waals surface area contributed by atoms with Crippen molar-refractivity contribution < 1.29 is 14.3 Å². The van der Waals surface area contributed by atoms with Gasteiger partial charge in [-0.1, -0.05) is 13.2 Å². The Balaban J connectivity index is 0.000000226. The van der Waals surface area contributed by atoms with Gasteiger partial charge in [0.15, 0.2) is 5.78 Å². The molecule has 3 nitrogen and oxygen atoms in total. The number of allylic oxidation sites excluding steroid dienone is 2. The minimum Gasteiger partial charge on any atom is -0.424 e. The Morgan fingerprint density at radius 3 is 1.92 bits per heavy atom. The summed E-state index contributed by atoms with van der Waals surface area (Å²) in [4.78, 5) is 20.1. The second-order valence-corrected chi connectivity index (χ2v) is 2.56. The van der Waals surface area contributed by atoms with Crippen LogP contribution in [0.4, 0.5) is 0 Å². The number of rotatable bonds is 1. The molecule has 0 atom stereocenters. The minimum absolute atomic E-state index is 0.0648. The zero-order chi connectivity index (χ0) is 10.4. The summed E-state index contributed by atoms with van der Waals surface area (Å²) in [5.41, 5.74) is 0.620. The van der Waals surface area contributed by atoms with Gasteiger partial charge in [0.1, 0.15) is 5.76 Å². The predicted molar refractivity (Wildman–Crippen MR) is 49.9 cm³/mol. The van der Waals surface area contributed by atoms with Crippen molar-refractivity contribution in [2.24, 2.45) is 0 Å². The third kappa shape index (κ3) is 5.61. The van der Waals surface area contributed by atoms with Crippen LogP contribution in [0.5, 0.6) is 0 Å². The molecule has 0 aliphatic carbocycles. The van der Waals surface area contributed by atoms with Gasteiger partial charge in [0.2, 0.25) is 0 Å². The molecule has 0 radical (unpaired) electrons. The Labute approximate surface area is 77.4 Å². The van der Waals surface area contributed by atoms with Crippen molar-refractivity contribution in [2.75, 3.05) is 0 Å². The smallest absolute Gasteiger partial charge is 0.336 e. The largest absolute Gasteiger partial charge is 0.424 e. The number of Topliss-reactive ketones (excluding diaryl/α,β-unsaturated/α-hetero) is 1. The van der Waals surface area contributed by atoms with Gasteiger partial charge < -0.3 is 4.74 Å². The van der Waals surface area contributed by atoms with Crippen molar-refractivity contribution >= 4 is 11.8 Å². The molecule has 1 heterocycles. The molecule has 1 aliphatic heterocycles. The summed E-state index contributed by atoms with van der Waals surface area (Å²) in [6, 6.07) is 0. The van der Waals surface area contributed by atoms with Gasteiger partial charge in [0.05, 0.1) is 0 Å². The molecule has 0 unspecified atom stereocenters. The normalized spacial score (nSPS) is 13.1. The van der Waals surface area contributed by atoms with E-state index in [0.717, 1.165) is 0 Å². The first-order valence-corrected chi connectivity index (χ1v) is 3.68. The molecule has 1 rings (SSSR count). The molecule has 3 heteroatoms. The van der Waals surface area contributed by atoms with E-state index < -0.39 is 0 Å². The molecule has 0 saturated heterocycles. The van der Waals surface area contributed by atoms with Crippen LogP contribution in [0.3, 0.4) is 0 Å². The quantitative estimate of drug-likeness (QED) is 0.456. The highest BCUT2D eigenvalue weighted by Gasteiger charge is 2.04. The number of carbonyl (C=O) groups excluding carboxylic acids is 2. The number of hydrogen-bond donors (Lipinski definition) is 0. The maximum absolute atomic E-state index is 10.1. The first-order chi connectivity index (χ1) is 5.93. The van der Waals surface area contributed by atoms with E-state index >= 15 is 0 Å². The van der Waals surface area contributed by atoms with Crippen LogP contribution in [0.15, 0.2) is 36.6 Å².